The number of aliphatic hydroxyl groups excluding tert-OH is 1. The van der Waals surface area contributed by atoms with E-state index in [0.29, 0.717) is 13.1 Å². The highest BCUT2D eigenvalue weighted by atomic mass is 16.5. The summed E-state index contributed by atoms with van der Waals surface area (Å²) in [5.41, 5.74) is -0.583. The molecule has 7 heteroatoms. The van der Waals surface area contributed by atoms with Gasteiger partial charge in [-0.05, 0) is 19.9 Å². The van der Waals surface area contributed by atoms with Gasteiger partial charge in [-0.3, -0.25) is 9.59 Å². The number of rotatable bonds is 2. The molecule has 1 amide bonds. The lowest BCUT2D eigenvalue weighted by Crippen LogP contribution is -2.55. The number of amides is 1. The van der Waals surface area contributed by atoms with Crippen molar-refractivity contribution in [3.63, 3.8) is 0 Å². The summed E-state index contributed by atoms with van der Waals surface area (Å²) in [4.78, 5) is 25.3. The molecular weight excluding hydrogens is 262 g/mol. The first-order chi connectivity index (χ1) is 9.32. The van der Waals surface area contributed by atoms with Gasteiger partial charge in [0.15, 0.2) is 0 Å². The van der Waals surface area contributed by atoms with E-state index in [9.17, 15) is 14.7 Å². The Balaban J connectivity index is 2.23. The molecule has 1 N–H and O–H groups in total. The van der Waals surface area contributed by atoms with Crippen molar-refractivity contribution in [2.75, 3.05) is 19.7 Å². The van der Waals surface area contributed by atoms with Crippen LogP contribution in [-0.4, -0.2) is 57.1 Å². The zero-order chi connectivity index (χ0) is 14.9. The van der Waals surface area contributed by atoms with Crippen LogP contribution in [0.3, 0.4) is 0 Å². The van der Waals surface area contributed by atoms with Crippen LogP contribution in [0.4, 0.5) is 0 Å². The van der Waals surface area contributed by atoms with E-state index in [0.717, 1.165) is 4.68 Å². The van der Waals surface area contributed by atoms with Crippen molar-refractivity contribution in [2.45, 2.75) is 25.6 Å². The fourth-order valence-electron chi connectivity index (χ4n) is 2.32. The molecule has 0 aromatic carbocycles. The van der Waals surface area contributed by atoms with Crippen LogP contribution in [0.1, 0.15) is 24.3 Å². The molecule has 0 bridgehead atoms. The zero-order valence-electron chi connectivity index (χ0n) is 11.9. The molecule has 0 radical (unpaired) electrons. The first-order valence-electron chi connectivity index (χ1n) is 6.45. The summed E-state index contributed by atoms with van der Waals surface area (Å²) in [7, 11) is 1.50. The van der Waals surface area contributed by atoms with E-state index in [2.05, 4.69) is 5.10 Å². The highest BCUT2D eigenvalue weighted by molar-refractivity contribution is 5.92. The molecule has 0 saturated carbocycles. The normalized spacial score (nSPS) is 21.8. The Hall–Kier alpha value is -1.73. The fourth-order valence-corrected chi connectivity index (χ4v) is 2.32. The molecule has 110 valence electrons. The molecule has 20 heavy (non-hydrogen) atoms. The van der Waals surface area contributed by atoms with Gasteiger partial charge in [0.1, 0.15) is 5.69 Å². The number of carbonyl (C=O) groups is 1. The number of ether oxygens (including phenoxy) is 1. The van der Waals surface area contributed by atoms with Crippen molar-refractivity contribution in [3.8, 4) is 0 Å². The van der Waals surface area contributed by atoms with Gasteiger partial charge in [-0.1, -0.05) is 0 Å². The number of hydrogen-bond donors (Lipinski definition) is 1. The maximum atomic E-state index is 12.4. The third-order valence-electron chi connectivity index (χ3n) is 3.15. The fraction of sp³-hybridized carbons (Fsp3) is 0.615. The number of nitrogens with zero attached hydrogens (tertiary/aromatic N) is 3. The van der Waals surface area contributed by atoms with E-state index < -0.39 is 11.7 Å². The average Bonchev–Trinajstić information content (AvgIpc) is 2.39. The number of morpholine rings is 1. The van der Waals surface area contributed by atoms with Crippen LogP contribution in [0.2, 0.25) is 0 Å². The minimum absolute atomic E-state index is 0.145. The Kier molecular flexibility index (Phi) is 3.92. The van der Waals surface area contributed by atoms with Crippen molar-refractivity contribution in [3.05, 3.63) is 28.2 Å². The molecule has 1 unspecified atom stereocenters. The molecule has 1 saturated heterocycles. The smallest absolute Gasteiger partial charge is 0.274 e. The largest absolute Gasteiger partial charge is 0.394 e. The van der Waals surface area contributed by atoms with Crippen LogP contribution in [0.15, 0.2) is 16.9 Å². The molecule has 2 rings (SSSR count). The summed E-state index contributed by atoms with van der Waals surface area (Å²) in [6.07, 6.45) is -0.407. The predicted molar refractivity (Wildman–Crippen MR) is 71.4 cm³/mol. The first kappa shape index (κ1) is 14.7. The van der Waals surface area contributed by atoms with Crippen LogP contribution >= 0.6 is 0 Å². The summed E-state index contributed by atoms with van der Waals surface area (Å²) >= 11 is 0. The lowest BCUT2D eigenvalue weighted by Gasteiger charge is -2.42. The lowest BCUT2D eigenvalue weighted by atomic mass is 10.0. The number of aromatic nitrogens is 2. The molecule has 0 aliphatic carbocycles. The number of hydrogen-bond acceptors (Lipinski definition) is 5. The van der Waals surface area contributed by atoms with Crippen molar-refractivity contribution in [1.82, 2.24) is 14.7 Å². The molecule has 1 aliphatic rings. The van der Waals surface area contributed by atoms with Gasteiger partial charge in [0, 0.05) is 26.2 Å². The van der Waals surface area contributed by atoms with Crippen LogP contribution in [0, 0.1) is 0 Å². The van der Waals surface area contributed by atoms with E-state index in [1.807, 2.05) is 13.8 Å². The quantitative estimate of drug-likeness (QED) is 0.782. The maximum absolute atomic E-state index is 12.4. The van der Waals surface area contributed by atoms with Gasteiger partial charge in [0.25, 0.3) is 11.5 Å². The van der Waals surface area contributed by atoms with Crippen LogP contribution in [-0.2, 0) is 11.8 Å². The Morgan fingerprint density at radius 1 is 1.55 bits per heavy atom. The van der Waals surface area contributed by atoms with Gasteiger partial charge in [0.05, 0.1) is 18.3 Å². The highest BCUT2D eigenvalue weighted by Gasteiger charge is 2.36. The summed E-state index contributed by atoms with van der Waals surface area (Å²) in [5.74, 6) is -0.268. The van der Waals surface area contributed by atoms with Gasteiger partial charge < -0.3 is 14.7 Å². The molecular formula is C13H19N3O4. The third kappa shape index (κ3) is 3.05. The van der Waals surface area contributed by atoms with E-state index >= 15 is 0 Å². The van der Waals surface area contributed by atoms with Crippen LogP contribution < -0.4 is 5.56 Å². The molecule has 1 aromatic heterocycles. The molecule has 1 aromatic rings. The van der Waals surface area contributed by atoms with Crippen molar-refractivity contribution in [2.24, 2.45) is 7.05 Å². The molecule has 0 spiro atoms. The zero-order valence-corrected chi connectivity index (χ0v) is 11.9. The third-order valence-corrected chi connectivity index (χ3v) is 3.15. The summed E-state index contributed by atoms with van der Waals surface area (Å²) in [6, 6.07) is 2.73. The topological polar surface area (TPSA) is 84.7 Å². The van der Waals surface area contributed by atoms with Crippen LogP contribution in [0.5, 0.6) is 0 Å². The van der Waals surface area contributed by atoms with Gasteiger partial charge >= 0.3 is 0 Å². The minimum atomic E-state index is -0.526. The second kappa shape index (κ2) is 5.34. The standard InChI is InChI=1S/C13H19N3O4/c1-13(2)8-16(6-9(7-17)20-13)12(19)10-4-5-11(18)15(3)14-10/h4-5,9,17H,6-8H2,1-3H3. The second-order valence-electron chi connectivity index (χ2n) is 5.55. The van der Waals surface area contributed by atoms with Crippen molar-refractivity contribution < 1.29 is 14.6 Å². The second-order valence-corrected chi connectivity index (χ2v) is 5.55. The van der Waals surface area contributed by atoms with E-state index in [1.165, 1.54) is 19.2 Å². The van der Waals surface area contributed by atoms with E-state index in [1.54, 1.807) is 4.90 Å². The van der Waals surface area contributed by atoms with Crippen LogP contribution in [0.25, 0.3) is 0 Å². The molecule has 1 atom stereocenters. The Bertz CT molecular complexity index is 567. The Morgan fingerprint density at radius 3 is 2.85 bits per heavy atom. The molecule has 1 aliphatic heterocycles. The van der Waals surface area contributed by atoms with Gasteiger partial charge in [0.2, 0.25) is 0 Å². The summed E-state index contributed by atoms with van der Waals surface area (Å²) in [5, 5.41) is 13.2. The number of carbonyl (C=O) groups excluding carboxylic acids is 1. The Labute approximate surface area is 116 Å². The van der Waals surface area contributed by atoms with E-state index in [4.69, 9.17) is 4.74 Å². The van der Waals surface area contributed by atoms with Gasteiger partial charge in [-0.15, -0.1) is 0 Å². The van der Waals surface area contributed by atoms with Crippen molar-refractivity contribution in [1.29, 1.82) is 0 Å². The molecule has 2 heterocycles. The van der Waals surface area contributed by atoms with Crippen molar-refractivity contribution >= 4 is 5.91 Å². The monoisotopic (exact) mass is 281 g/mol. The van der Waals surface area contributed by atoms with Gasteiger partial charge in [-0.2, -0.15) is 5.10 Å². The maximum Gasteiger partial charge on any atom is 0.274 e. The number of aryl methyl sites for hydroxylation is 1. The first-order valence-corrected chi connectivity index (χ1v) is 6.45. The molecule has 7 nitrogen and oxygen atoms in total. The lowest BCUT2D eigenvalue weighted by molar-refractivity contribution is -0.139. The average molecular weight is 281 g/mol. The molecule has 1 fully saturated rings. The van der Waals surface area contributed by atoms with Gasteiger partial charge in [-0.25, -0.2) is 4.68 Å². The Morgan fingerprint density at radius 2 is 2.25 bits per heavy atom. The SMILES string of the molecule is Cn1nc(C(=O)N2CC(CO)OC(C)(C)C2)ccc1=O. The summed E-state index contributed by atoms with van der Waals surface area (Å²) in [6.45, 7) is 4.30. The number of aliphatic hydroxyl groups is 1. The summed E-state index contributed by atoms with van der Waals surface area (Å²) < 4.78 is 6.79. The predicted octanol–water partition coefficient (Wildman–Crippen LogP) is -0.608. The minimum Gasteiger partial charge on any atom is -0.394 e. The van der Waals surface area contributed by atoms with E-state index in [-0.39, 0.29) is 23.8 Å². The highest BCUT2D eigenvalue weighted by Crippen LogP contribution is 2.21.